The molecular formula is C19H23N3O3. The lowest BCUT2D eigenvalue weighted by atomic mass is 10.00. The van der Waals surface area contributed by atoms with E-state index in [1.807, 2.05) is 24.3 Å². The number of furan rings is 1. The van der Waals surface area contributed by atoms with Crippen molar-refractivity contribution in [3.8, 4) is 0 Å². The summed E-state index contributed by atoms with van der Waals surface area (Å²) < 4.78 is 5.13. The highest BCUT2D eigenvalue weighted by molar-refractivity contribution is 6.02. The summed E-state index contributed by atoms with van der Waals surface area (Å²) in [5.41, 5.74) is 2.24. The fraction of sp³-hybridized carbons (Fsp3) is 0.368. The van der Waals surface area contributed by atoms with Gasteiger partial charge in [-0.3, -0.25) is 9.59 Å². The Labute approximate surface area is 147 Å². The first-order valence-electron chi connectivity index (χ1n) is 8.45. The predicted molar refractivity (Wildman–Crippen MR) is 96.8 cm³/mol. The zero-order chi connectivity index (χ0) is 18.0. The van der Waals surface area contributed by atoms with E-state index < -0.39 is 0 Å². The Hall–Kier alpha value is -2.76. The number of nitrogens with one attached hydrogen (secondary N) is 2. The fourth-order valence-electron chi connectivity index (χ4n) is 2.95. The van der Waals surface area contributed by atoms with Gasteiger partial charge in [0.1, 0.15) is 5.76 Å². The monoisotopic (exact) mass is 341 g/mol. The second-order valence-corrected chi connectivity index (χ2v) is 6.59. The highest BCUT2D eigenvalue weighted by Gasteiger charge is 2.29. The van der Waals surface area contributed by atoms with E-state index in [1.165, 1.54) is 6.26 Å². The normalized spacial score (nSPS) is 16.3. The summed E-state index contributed by atoms with van der Waals surface area (Å²) in [6.07, 6.45) is 1.46. The number of fused-ring (bicyclic) bond motifs is 1. The van der Waals surface area contributed by atoms with Gasteiger partial charge in [-0.05, 0) is 31.0 Å². The minimum atomic E-state index is -0.302. The van der Waals surface area contributed by atoms with Crippen LogP contribution in [0.1, 0.15) is 30.0 Å². The quantitative estimate of drug-likeness (QED) is 0.897. The average Bonchev–Trinajstić information content (AvgIpc) is 3.04. The minimum absolute atomic E-state index is 0.0530. The maximum atomic E-state index is 12.7. The SMILES string of the molecule is Cc1occc1C(=O)NCC(=O)N1C[C@@H](C(C)C)Nc2ccccc21. The van der Waals surface area contributed by atoms with Crippen molar-refractivity contribution in [3.63, 3.8) is 0 Å². The Morgan fingerprint density at radius 2 is 2.08 bits per heavy atom. The molecule has 1 aliphatic rings. The lowest BCUT2D eigenvalue weighted by molar-refractivity contribution is -0.117. The van der Waals surface area contributed by atoms with E-state index in [1.54, 1.807) is 17.9 Å². The van der Waals surface area contributed by atoms with E-state index in [-0.39, 0.29) is 24.4 Å². The molecule has 2 aromatic rings. The van der Waals surface area contributed by atoms with E-state index in [0.29, 0.717) is 23.8 Å². The fourth-order valence-corrected chi connectivity index (χ4v) is 2.95. The zero-order valence-corrected chi connectivity index (χ0v) is 14.7. The van der Waals surface area contributed by atoms with E-state index in [4.69, 9.17) is 4.42 Å². The predicted octanol–water partition coefficient (Wildman–Crippen LogP) is 2.80. The zero-order valence-electron chi connectivity index (χ0n) is 14.7. The Balaban J connectivity index is 1.72. The van der Waals surface area contributed by atoms with Gasteiger partial charge in [0, 0.05) is 12.6 Å². The molecule has 0 aliphatic carbocycles. The topological polar surface area (TPSA) is 74.6 Å². The van der Waals surface area contributed by atoms with Gasteiger partial charge in [-0.2, -0.15) is 0 Å². The van der Waals surface area contributed by atoms with E-state index in [9.17, 15) is 9.59 Å². The molecule has 3 rings (SSSR count). The molecule has 25 heavy (non-hydrogen) atoms. The number of amides is 2. The van der Waals surface area contributed by atoms with Gasteiger partial charge in [0.15, 0.2) is 0 Å². The van der Waals surface area contributed by atoms with E-state index in [0.717, 1.165) is 11.4 Å². The molecule has 1 aromatic carbocycles. The highest BCUT2D eigenvalue weighted by Crippen LogP contribution is 2.32. The van der Waals surface area contributed by atoms with Crippen LogP contribution >= 0.6 is 0 Å². The first kappa shape index (κ1) is 17.1. The summed E-state index contributed by atoms with van der Waals surface area (Å²) in [7, 11) is 0. The Bertz CT molecular complexity index is 782. The van der Waals surface area contributed by atoms with Crippen molar-refractivity contribution in [1.29, 1.82) is 0 Å². The van der Waals surface area contributed by atoms with Crippen LogP contribution in [0.5, 0.6) is 0 Å². The summed E-state index contributed by atoms with van der Waals surface area (Å²) in [5.74, 6) is 0.488. The van der Waals surface area contributed by atoms with Crippen molar-refractivity contribution in [2.75, 3.05) is 23.3 Å². The second-order valence-electron chi connectivity index (χ2n) is 6.59. The maximum Gasteiger partial charge on any atom is 0.255 e. The molecule has 6 heteroatoms. The summed E-state index contributed by atoms with van der Waals surface area (Å²) in [5, 5.41) is 6.17. The number of para-hydroxylation sites is 2. The van der Waals surface area contributed by atoms with Gasteiger partial charge in [0.2, 0.25) is 5.91 Å². The molecule has 2 amide bonds. The first-order chi connectivity index (χ1) is 12.0. The molecule has 6 nitrogen and oxygen atoms in total. The van der Waals surface area contributed by atoms with Gasteiger partial charge in [-0.1, -0.05) is 26.0 Å². The van der Waals surface area contributed by atoms with E-state index >= 15 is 0 Å². The van der Waals surface area contributed by atoms with Crippen molar-refractivity contribution in [3.05, 3.63) is 47.9 Å². The maximum absolute atomic E-state index is 12.7. The number of nitrogens with zero attached hydrogens (tertiary/aromatic N) is 1. The number of rotatable bonds is 4. The van der Waals surface area contributed by atoms with Crippen LogP contribution in [-0.4, -0.2) is 30.9 Å². The van der Waals surface area contributed by atoms with Gasteiger partial charge in [-0.25, -0.2) is 0 Å². The third-order valence-electron chi connectivity index (χ3n) is 4.52. The summed E-state index contributed by atoms with van der Waals surface area (Å²) in [6, 6.07) is 9.51. The number of anilines is 2. The molecule has 1 aliphatic heterocycles. The molecule has 0 saturated heterocycles. The third-order valence-corrected chi connectivity index (χ3v) is 4.52. The number of hydrogen-bond donors (Lipinski definition) is 2. The molecule has 1 aromatic heterocycles. The molecule has 2 heterocycles. The van der Waals surface area contributed by atoms with Gasteiger partial charge in [0.05, 0.1) is 29.7 Å². The van der Waals surface area contributed by atoms with Crippen LogP contribution in [0, 0.1) is 12.8 Å². The van der Waals surface area contributed by atoms with Crippen molar-refractivity contribution >= 4 is 23.2 Å². The lowest BCUT2D eigenvalue weighted by Crippen LogP contribution is -2.49. The molecule has 0 spiro atoms. The first-order valence-corrected chi connectivity index (χ1v) is 8.45. The van der Waals surface area contributed by atoms with Crippen LogP contribution in [-0.2, 0) is 4.79 Å². The van der Waals surface area contributed by atoms with Crippen LogP contribution < -0.4 is 15.5 Å². The number of benzene rings is 1. The van der Waals surface area contributed by atoms with Crippen molar-refractivity contribution < 1.29 is 14.0 Å². The molecule has 0 bridgehead atoms. The number of carbonyl (C=O) groups excluding carboxylic acids is 2. The largest absolute Gasteiger partial charge is 0.469 e. The summed E-state index contributed by atoms with van der Waals surface area (Å²) in [4.78, 5) is 26.7. The van der Waals surface area contributed by atoms with Crippen LogP contribution in [0.3, 0.4) is 0 Å². The second kappa shape index (κ2) is 7.01. The molecule has 2 N–H and O–H groups in total. The average molecular weight is 341 g/mol. The summed E-state index contributed by atoms with van der Waals surface area (Å²) >= 11 is 0. The molecular weight excluding hydrogens is 318 g/mol. The van der Waals surface area contributed by atoms with Gasteiger partial charge in [-0.15, -0.1) is 0 Å². The highest BCUT2D eigenvalue weighted by atomic mass is 16.3. The van der Waals surface area contributed by atoms with Crippen LogP contribution in [0.4, 0.5) is 11.4 Å². The van der Waals surface area contributed by atoms with Crippen molar-refractivity contribution in [1.82, 2.24) is 5.32 Å². The Morgan fingerprint density at radius 3 is 2.76 bits per heavy atom. The van der Waals surface area contributed by atoms with Crippen LogP contribution in [0.15, 0.2) is 41.0 Å². The van der Waals surface area contributed by atoms with Crippen LogP contribution in [0.25, 0.3) is 0 Å². The van der Waals surface area contributed by atoms with Crippen LogP contribution in [0.2, 0.25) is 0 Å². The van der Waals surface area contributed by atoms with Gasteiger partial charge in [0.25, 0.3) is 5.91 Å². The van der Waals surface area contributed by atoms with Crippen molar-refractivity contribution in [2.45, 2.75) is 26.8 Å². The Morgan fingerprint density at radius 1 is 1.32 bits per heavy atom. The molecule has 0 radical (unpaired) electrons. The number of hydrogen-bond acceptors (Lipinski definition) is 4. The van der Waals surface area contributed by atoms with Crippen molar-refractivity contribution in [2.24, 2.45) is 5.92 Å². The Kier molecular flexibility index (Phi) is 4.79. The molecule has 0 unspecified atom stereocenters. The van der Waals surface area contributed by atoms with Gasteiger partial charge < -0.3 is 20.0 Å². The number of aryl methyl sites for hydroxylation is 1. The smallest absolute Gasteiger partial charge is 0.255 e. The molecule has 132 valence electrons. The molecule has 0 saturated carbocycles. The molecule has 1 atom stereocenters. The van der Waals surface area contributed by atoms with E-state index in [2.05, 4.69) is 24.5 Å². The summed E-state index contributed by atoms with van der Waals surface area (Å²) in [6.45, 7) is 6.49. The lowest BCUT2D eigenvalue weighted by Gasteiger charge is -2.37. The standard InChI is InChI=1S/C19H23N3O3/c1-12(2)16-11-22(17-7-5-4-6-15(17)21-16)18(23)10-20-19(24)14-8-9-25-13(14)3/h4-9,12,16,21H,10-11H2,1-3H3,(H,20,24)/t16-/m0/s1. The minimum Gasteiger partial charge on any atom is -0.469 e. The van der Waals surface area contributed by atoms with Gasteiger partial charge >= 0.3 is 0 Å². The number of carbonyl (C=O) groups is 2. The third kappa shape index (κ3) is 3.52. The molecule has 0 fully saturated rings.